The van der Waals surface area contributed by atoms with Crippen molar-refractivity contribution in [3.63, 3.8) is 0 Å². The molecule has 3 nitrogen and oxygen atoms in total. The molecule has 0 fully saturated rings. The van der Waals surface area contributed by atoms with Crippen LogP contribution in [0.25, 0.3) is 65.0 Å². The van der Waals surface area contributed by atoms with Crippen molar-refractivity contribution in [2.45, 2.75) is 0 Å². The lowest BCUT2D eigenvalue weighted by Crippen LogP contribution is -2.10. The lowest BCUT2D eigenvalue weighted by Gasteiger charge is -2.26. The van der Waals surface area contributed by atoms with Crippen molar-refractivity contribution in [1.82, 2.24) is 4.98 Å². The van der Waals surface area contributed by atoms with Crippen LogP contribution in [-0.2, 0) is 0 Å². The maximum Gasteiger partial charge on any atom is 0.227 e. The highest BCUT2D eigenvalue weighted by atomic mass is 32.1. The van der Waals surface area contributed by atoms with E-state index < -0.39 is 0 Å². The molecule has 9 rings (SSSR count). The van der Waals surface area contributed by atoms with Gasteiger partial charge in [-0.3, -0.25) is 0 Å². The van der Waals surface area contributed by atoms with Crippen molar-refractivity contribution < 1.29 is 4.42 Å². The third-order valence-electron chi connectivity index (χ3n) is 8.69. The quantitative estimate of drug-likeness (QED) is 0.185. The van der Waals surface area contributed by atoms with E-state index in [1.54, 1.807) is 11.3 Å². The van der Waals surface area contributed by atoms with Crippen molar-refractivity contribution in [2.75, 3.05) is 4.90 Å². The number of hydrogen-bond donors (Lipinski definition) is 0. The number of aromatic nitrogens is 1. The Morgan fingerprint density at radius 2 is 1.00 bits per heavy atom. The summed E-state index contributed by atoms with van der Waals surface area (Å²) in [6.45, 7) is 0. The maximum atomic E-state index is 6.28. The van der Waals surface area contributed by atoms with Gasteiger partial charge >= 0.3 is 0 Å². The molecule has 0 amide bonds. The van der Waals surface area contributed by atoms with Crippen molar-refractivity contribution in [3.8, 4) is 33.7 Å². The Hall–Kier alpha value is -5.97. The maximum absolute atomic E-state index is 6.28. The van der Waals surface area contributed by atoms with E-state index in [1.807, 2.05) is 30.3 Å². The van der Waals surface area contributed by atoms with Gasteiger partial charge in [0.2, 0.25) is 5.89 Å². The third-order valence-corrected chi connectivity index (χ3v) is 9.82. The van der Waals surface area contributed by atoms with Crippen LogP contribution in [0.5, 0.6) is 0 Å². The van der Waals surface area contributed by atoms with Gasteiger partial charge in [-0.15, -0.1) is 11.3 Å². The zero-order valence-corrected chi connectivity index (χ0v) is 26.2. The number of fused-ring (bicyclic) bond motifs is 4. The van der Waals surface area contributed by atoms with Crippen LogP contribution in [0.3, 0.4) is 0 Å². The Bertz CT molecular complexity index is 2500. The molecule has 2 heterocycles. The highest BCUT2D eigenvalue weighted by Gasteiger charge is 2.17. The molecule has 0 aliphatic carbocycles. The molecule has 2 aromatic heterocycles. The fraction of sp³-hybridized carbons (Fsp3) is 0. The van der Waals surface area contributed by atoms with Crippen LogP contribution in [0.1, 0.15) is 0 Å². The lowest BCUT2D eigenvalue weighted by atomic mass is 10.0. The largest absolute Gasteiger partial charge is 0.436 e. The van der Waals surface area contributed by atoms with E-state index in [0.29, 0.717) is 5.89 Å². The van der Waals surface area contributed by atoms with Crippen LogP contribution in [-0.4, -0.2) is 4.98 Å². The minimum Gasteiger partial charge on any atom is -0.436 e. The standard InChI is InChI=1S/C43H28N2OS/c1-4-11-29(12-5-1)31-19-21-34(22-20-31)45(35-18-10-17-33(25-35)30-13-6-2-7-14-30)36-23-24-41-37(26-36)38-27-40-39(28-42(38)47-41)44-43(46-40)32-15-8-3-9-16-32/h1-28H. The Kier molecular flexibility index (Phi) is 6.65. The first-order chi connectivity index (χ1) is 23.3. The monoisotopic (exact) mass is 620 g/mol. The molecule has 47 heavy (non-hydrogen) atoms. The summed E-state index contributed by atoms with van der Waals surface area (Å²) in [6, 6.07) is 59.9. The third kappa shape index (κ3) is 5.05. The average Bonchev–Trinajstić information content (AvgIpc) is 3.73. The summed E-state index contributed by atoms with van der Waals surface area (Å²) < 4.78 is 8.71. The first-order valence-electron chi connectivity index (χ1n) is 15.7. The minimum absolute atomic E-state index is 0.645. The number of nitrogens with zero attached hydrogens (tertiary/aromatic N) is 2. The van der Waals surface area contributed by atoms with E-state index >= 15 is 0 Å². The molecule has 0 saturated carbocycles. The normalized spacial score (nSPS) is 11.4. The number of rotatable bonds is 6. The van der Waals surface area contributed by atoms with Gasteiger partial charge in [0.1, 0.15) is 5.52 Å². The molecule has 9 aromatic rings. The van der Waals surface area contributed by atoms with Gasteiger partial charge in [0.15, 0.2) is 5.58 Å². The van der Waals surface area contributed by atoms with Crippen LogP contribution in [0, 0.1) is 0 Å². The predicted molar refractivity (Wildman–Crippen MR) is 198 cm³/mol. The van der Waals surface area contributed by atoms with Crippen LogP contribution < -0.4 is 4.90 Å². The topological polar surface area (TPSA) is 29.3 Å². The van der Waals surface area contributed by atoms with Crippen LogP contribution in [0.4, 0.5) is 17.1 Å². The molecule has 0 bridgehead atoms. The fourth-order valence-corrected chi connectivity index (χ4v) is 7.47. The van der Waals surface area contributed by atoms with E-state index in [9.17, 15) is 0 Å². The highest BCUT2D eigenvalue weighted by molar-refractivity contribution is 7.25. The molecule has 222 valence electrons. The molecule has 7 aromatic carbocycles. The zero-order valence-electron chi connectivity index (χ0n) is 25.4. The van der Waals surface area contributed by atoms with Gasteiger partial charge in [-0.05, 0) is 89.0 Å². The van der Waals surface area contributed by atoms with Crippen molar-refractivity contribution >= 4 is 59.7 Å². The van der Waals surface area contributed by atoms with Gasteiger partial charge in [-0.25, -0.2) is 4.98 Å². The number of oxazole rings is 1. The minimum atomic E-state index is 0.645. The van der Waals surface area contributed by atoms with E-state index in [0.717, 1.165) is 33.7 Å². The second kappa shape index (κ2) is 11.4. The van der Waals surface area contributed by atoms with Crippen molar-refractivity contribution in [1.29, 1.82) is 0 Å². The molecule has 0 radical (unpaired) electrons. The Balaban J connectivity index is 1.19. The molecule has 0 aliphatic heterocycles. The summed E-state index contributed by atoms with van der Waals surface area (Å²) in [4.78, 5) is 7.17. The molecular weight excluding hydrogens is 593 g/mol. The molecule has 0 unspecified atom stereocenters. The van der Waals surface area contributed by atoms with Crippen molar-refractivity contribution in [2.24, 2.45) is 0 Å². The van der Waals surface area contributed by atoms with E-state index in [1.165, 1.54) is 42.4 Å². The zero-order chi connectivity index (χ0) is 31.2. The lowest BCUT2D eigenvalue weighted by molar-refractivity contribution is 0.620. The van der Waals surface area contributed by atoms with Gasteiger partial charge in [0.05, 0.1) is 0 Å². The summed E-state index contributed by atoms with van der Waals surface area (Å²) in [5.74, 6) is 0.645. The molecule has 0 spiro atoms. The van der Waals surface area contributed by atoms with Crippen molar-refractivity contribution in [3.05, 3.63) is 170 Å². The summed E-state index contributed by atoms with van der Waals surface area (Å²) in [5.41, 5.74) is 10.7. The van der Waals surface area contributed by atoms with Crippen LogP contribution in [0.2, 0.25) is 0 Å². The molecule has 0 N–H and O–H groups in total. The molecule has 0 atom stereocenters. The predicted octanol–water partition coefficient (Wildman–Crippen LogP) is 12.7. The van der Waals surface area contributed by atoms with Gasteiger partial charge in [-0.1, -0.05) is 103 Å². The second-order valence-corrected chi connectivity index (χ2v) is 12.7. The molecule has 0 saturated heterocycles. The fourth-order valence-electron chi connectivity index (χ4n) is 6.36. The van der Waals surface area contributed by atoms with E-state index in [4.69, 9.17) is 9.40 Å². The smallest absolute Gasteiger partial charge is 0.227 e. The highest BCUT2D eigenvalue weighted by Crippen LogP contribution is 2.43. The average molecular weight is 621 g/mol. The van der Waals surface area contributed by atoms with Gasteiger partial charge in [0, 0.05) is 42.8 Å². The number of hydrogen-bond acceptors (Lipinski definition) is 4. The SMILES string of the molecule is c1ccc(-c2ccc(N(c3cccc(-c4ccccc4)c3)c3ccc4sc5cc6nc(-c7ccccc7)oc6cc5c4c3)cc2)cc1. The summed E-state index contributed by atoms with van der Waals surface area (Å²) >= 11 is 1.79. The number of anilines is 3. The molecule has 4 heteroatoms. The summed E-state index contributed by atoms with van der Waals surface area (Å²) in [7, 11) is 0. The van der Waals surface area contributed by atoms with Crippen LogP contribution in [0.15, 0.2) is 174 Å². The number of thiophene rings is 1. The van der Waals surface area contributed by atoms with E-state index in [-0.39, 0.29) is 0 Å². The Labute approximate surface area is 276 Å². The van der Waals surface area contributed by atoms with Gasteiger partial charge < -0.3 is 9.32 Å². The molecular formula is C43H28N2OS. The Morgan fingerprint density at radius 1 is 0.426 bits per heavy atom. The van der Waals surface area contributed by atoms with Crippen LogP contribution >= 0.6 is 11.3 Å². The summed E-state index contributed by atoms with van der Waals surface area (Å²) in [5, 5.41) is 2.37. The Morgan fingerprint density at radius 3 is 1.72 bits per heavy atom. The first kappa shape index (κ1) is 27.3. The van der Waals surface area contributed by atoms with E-state index in [2.05, 4.69) is 144 Å². The number of benzene rings is 7. The first-order valence-corrected chi connectivity index (χ1v) is 16.5. The molecule has 0 aliphatic rings. The second-order valence-electron chi connectivity index (χ2n) is 11.6. The van der Waals surface area contributed by atoms with Gasteiger partial charge in [-0.2, -0.15) is 0 Å². The summed E-state index contributed by atoms with van der Waals surface area (Å²) in [6.07, 6.45) is 0. The van der Waals surface area contributed by atoms with Gasteiger partial charge in [0.25, 0.3) is 0 Å².